The van der Waals surface area contributed by atoms with Gasteiger partial charge in [0.25, 0.3) is 10.0 Å². The predicted octanol–water partition coefficient (Wildman–Crippen LogP) is 4.93. The molecule has 3 aromatic rings. The molecule has 0 spiro atoms. The normalized spacial score (nSPS) is 14.9. The molecule has 1 aliphatic heterocycles. The first kappa shape index (κ1) is 23.6. The first-order valence-corrected chi connectivity index (χ1v) is 12.5. The van der Waals surface area contributed by atoms with Crippen LogP contribution in [-0.4, -0.2) is 36.5 Å². The maximum absolute atomic E-state index is 13.2. The Kier molecular flexibility index (Phi) is 5.78. The van der Waals surface area contributed by atoms with Gasteiger partial charge in [-0.3, -0.25) is 4.72 Å². The average molecular weight is 476 g/mol. The van der Waals surface area contributed by atoms with Crippen LogP contribution in [-0.2, 0) is 15.4 Å². The fourth-order valence-corrected chi connectivity index (χ4v) is 5.02. The summed E-state index contributed by atoms with van der Waals surface area (Å²) >= 11 is 0. The van der Waals surface area contributed by atoms with E-state index in [9.17, 15) is 13.7 Å². The number of hydrogen-bond donors (Lipinski definition) is 1. The minimum absolute atomic E-state index is 0.0759. The number of sulfonamides is 1. The number of nitriles is 1. The van der Waals surface area contributed by atoms with Gasteiger partial charge in [0.15, 0.2) is 0 Å². The van der Waals surface area contributed by atoms with E-state index in [1.54, 1.807) is 24.3 Å². The van der Waals surface area contributed by atoms with Gasteiger partial charge in [0, 0.05) is 13.6 Å². The van der Waals surface area contributed by atoms with E-state index in [4.69, 9.17) is 0 Å². The number of nitrogens with one attached hydrogen (secondary N) is 1. The van der Waals surface area contributed by atoms with E-state index in [1.807, 2.05) is 25.2 Å². The highest BCUT2D eigenvalue weighted by molar-refractivity contribution is 7.92. The lowest BCUT2D eigenvalue weighted by atomic mass is 9.87. The number of pyridine rings is 1. The number of anilines is 1. The third kappa shape index (κ3) is 4.31. The molecular formula is C26H29N5O2S. The number of rotatable bonds is 4. The Morgan fingerprint density at radius 2 is 1.76 bits per heavy atom. The van der Waals surface area contributed by atoms with Crippen molar-refractivity contribution in [2.24, 2.45) is 0 Å². The van der Waals surface area contributed by atoms with Gasteiger partial charge in [0.05, 0.1) is 21.7 Å². The molecule has 3 heterocycles. The predicted molar refractivity (Wildman–Crippen MR) is 135 cm³/mol. The summed E-state index contributed by atoms with van der Waals surface area (Å²) in [5.74, 6) is 0.266. The number of allylic oxidation sites excluding steroid dienone is 2. The van der Waals surface area contributed by atoms with Gasteiger partial charge in [0.1, 0.15) is 17.6 Å². The van der Waals surface area contributed by atoms with Crippen molar-refractivity contribution < 1.29 is 8.42 Å². The molecule has 8 heteroatoms. The Labute approximate surface area is 201 Å². The Balaban J connectivity index is 1.77. The molecule has 0 saturated carbocycles. The van der Waals surface area contributed by atoms with Crippen LogP contribution in [0.3, 0.4) is 0 Å². The molecule has 0 unspecified atom stereocenters. The summed E-state index contributed by atoms with van der Waals surface area (Å²) in [5, 5.41) is 14.3. The Morgan fingerprint density at radius 3 is 2.38 bits per heavy atom. The third-order valence-corrected chi connectivity index (χ3v) is 7.56. The van der Waals surface area contributed by atoms with Gasteiger partial charge in [-0.15, -0.1) is 0 Å². The second-order valence-electron chi connectivity index (χ2n) is 9.80. The van der Waals surface area contributed by atoms with Crippen LogP contribution in [0.2, 0.25) is 0 Å². The molecule has 7 nitrogen and oxygen atoms in total. The van der Waals surface area contributed by atoms with Crippen molar-refractivity contribution >= 4 is 27.1 Å². The van der Waals surface area contributed by atoms with E-state index in [0.29, 0.717) is 16.8 Å². The number of fused-ring (bicyclic) bond motifs is 1. The van der Waals surface area contributed by atoms with Gasteiger partial charge in [-0.1, -0.05) is 38.5 Å². The van der Waals surface area contributed by atoms with Gasteiger partial charge >= 0.3 is 0 Å². The zero-order chi connectivity index (χ0) is 24.8. The van der Waals surface area contributed by atoms with Crippen LogP contribution in [0, 0.1) is 11.3 Å². The molecule has 0 fully saturated rings. The number of nitrogens with zero attached hydrogens (tertiary/aromatic N) is 4. The summed E-state index contributed by atoms with van der Waals surface area (Å²) in [6, 6.07) is 14.1. The smallest absolute Gasteiger partial charge is 0.263 e. The van der Waals surface area contributed by atoms with Crippen molar-refractivity contribution in [3.63, 3.8) is 0 Å². The molecule has 0 amide bonds. The van der Waals surface area contributed by atoms with Crippen LogP contribution in [0.1, 0.15) is 51.4 Å². The second kappa shape index (κ2) is 8.33. The summed E-state index contributed by atoms with van der Waals surface area (Å²) < 4.78 is 30.5. The highest BCUT2D eigenvalue weighted by atomic mass is 32.2. The average Bonchev–Trinajstić information content (AvgIpc) is 3.21. The van der Waals surface area contributed by atoms with Crippen molar-refractivity contribution in [2.75, 3.05) is 18.3 Å². The number of aromatic nitrogens is 2. The Bertz CT molecular complexity index is 1480. The summed E-state index contributed by atoms with van der Waals surface area (Å²) in [5.41, 5.74) is 5.97. The molecule has 0 atom stereocenters. The van der Waals surface area contributed by atoms with Crippen LogP contribution < -0.4 is 4.72 Å². The molecule has 2 aromatic heterocycles. The van der Waals surface area contributed by atoms with E-state index in [1.165, 1.54) is 15.7 Å². The molecular weight excluding hydrogens is 446 g/mol. The summed E-state index contributed by atoms with van der Waals surface area (Å²) in [6.45, 7) is 11.2. The van der Waals surface area contributed by atoms with Crippen LogP contribution in [0.5, 0.6) is 0 Å². The highest BCUT2D eigenvalue weighted by Gasteiger charge is 2.22. The Morgan fingerprint density at radius 1 is 1.09 bits per heavy atom. The number of likely N-dealkylation sites (N-methyl/N-ethyl adjacent to an activating group) is 1. The van der Waals surface area contributed by atoms with E-state index in [0.717, 1.165) is 17.8 Å². The standard InChI is InChI=1S/C26H29N5O2S/c1-17-13-24(30(6)16-18(17)2)22-14-23-19(15-27)7-12-25(31(23)28-22)29-34(32,33)21-10-8-20(9-11-21)26(3,4)5/h7-14,29H,16H2,1-6H3. The SMILES string of the molecule is CC1=C(C)CN(C)C(c2cc3c(C#N)ccc(NS(=O)(=O)c4ccc(C(C)(C)C)cc4)n3n2)=C1. The molecule has 34 heavy (non-hydrogen) atoms. The van der Waals surface area contributed by atoms with Crippen LogP contribution >= 0.6 is 0 Å². The lowest BCUT2D eigenvalue weighted by molar-refractivity contribution is 0.510. The zero-order valence-corrected chi connectivity index (χ0v) is 21.2. The van der Waals surface area contributed by atoms with Gasteiger partial charge in [0.2, 0.25) is 0 Å². The topological polar surface area (TPSA) is 90.5 Å². The zero-order valence-electron chi connectivity index (χ0n) is 20.3. The molecule has 0 radical (unpaired) electrons. The van der Waals surface area contributed by atoms with E-state index in [2.05, 4.69) is 61.5 Å². The van der Waals surface area contributed by atoms with Crippen LogP contribution in [0.4, 0.5) is 5.82 Å². The van der Waals surface area contributed by atoms with Crippen molar-refractivity contribution in [3.05, 3.63) is 76.5 Å². The first-order valence-electron chi connectivity index (χ1n) is 11.1. The summed E-state index contributed by atoms with van der Waals surface area (Å²) in [6.07, 6.45) is 2.06. The van der Waals surface area contributed by atoms with Gasteiger partial charge < -0.3 is 4.90 Å². The summed E-state index contributed by atoms with van der Waals surface area (Å²) in [7, 11) is -1.87. The van der Waals surface area contributed by atoms with E-state index < -0.39 is 10.0 Å². The molecule has 1 aromatic carbocycles. The monoisotopic (exact) mass is 475 g/mol. The maximum Gasteiger partial charge on any atom is 0.263 e. The quantitative estimate of drug-likeness (QED) is 0.578. The second-order valence-corrected chi connectivity index (χ2v) is 11.5. The van der Waals surface area contributed by atoms with Gasteiger partial charge in [-0.25, -0.2) is 12.9 Å². The van der Waals surface area contributed by atoms with Crippen molar-refractivity contribution in [2.45, 2.75) is 44.9 Å². The molecule has 0 saturated heterocycles. The van der Waals surface area contributed by atoms with Crippen LogP contribution in [0.25, 0.3) is 11.2 Å². The van der Waals surface area contributed by atoms with Crippen molar-refractivity contribution in [1.82, 2.24) is 14.5 Å². The first-order chi connectivity index (χ1) is 15.9. The molecule has 0 aliphatic carbocycles. The molecule has 0 bridgehead atoms. The maximum atomic E-state index is 13.2. The molecule has 1 N–H and O–H groups in total. The molecule has 176 valence electrons. The van der Waals surface area contributed by atoms with Crippen LogP contribution in [0.15, 0.2) is 64.6 Å². The van der Waals surface area contributed by atoms with Crippen molar-refractivity contribution in [3.8, 4) is 6.07 Å². The molecule has 4 rings (SSSR count). The van der Waals surface area contributed by atoms with Gasteiger partial charge in [-0.05, 0) is 66.8 Å². The largest absolute Gasteiger partial charge is 0.369 e. The van der Waals surface area contributed by atoms with E-state index in [-0.39, 0.29) is 16.1 Å². The fourth-order valence-electron chi connectivity index (χ4n) is 3.98. The lowest BCUT2D eigenvalue weighted by Crippen LogP contribution is -2.23. The highest BCUT2D eigenvalue weighted by Crippen LogP contribution is 2.29. The molecule has 1 aliphatic rings. The van der Waals surface area contributed by atoms with E-state index >= 15 is 0 Å². The minimum atomic E-state index is -3.86. The third-order valence-electron chi connectivity index (χ3n) is 6.19. The lowest BCUT2D eigenvalue weighted by Gasteiger charge is -2.26. The van der Waals surface area contributed by atoms with Gasteiger partial charge in [-0.2, -0.15) is 10.4 Å². The number of hydrogen-bond acceptors (Lipinski definition) is 5. The minimum Gasteiger partial charge on any atom is -0.369 e. The Hall–Kier alpha value is -3.57. The van der Waals surface area contributed by atoms with Crippen molar-refractivity contribution in [1.29, 1.82) is 5.26 Å². The fraction of sp³-hybridized carbons (Fsp3) is 0.308. The summed E-state index contributed by atoms with van der Waals surface area (Å²) in [4.78, 5) is 2.26. The number of benzene rings is 1.